The van der Waals surface area contributed by atoms with E-state index in [1.165, 1.54) is 11.3 Å². The summed E-state index contributed by atoms with van der Waals surface area (Å²) in [7, 11) is 3.16. The third kappa shape index (κ3) is 4.99. The average Bonchev–Trinajstić information content (AvgIpc) is 3.16. The van der Waals surface area contributed by atoms with Crippen molar-refractivity contribution in [1.29, 1.82) is 0 Å². The topological polar surface area (TPSA) is 79.1 Å². The SMILES string of the molecule is COc1ccc(OC)c(C=c2sc3n(c2=O)C(c2ccc(SC)cc2)C(C(=O)OC(C)C)=C(C)N=3)c1. The van der Waals surface area contributed by atoms with E-state index in [0.717, 1.165) is 10.5 Å². The number of benzene rings is 2. The third-order valence-corrected chi connectivity index (χ3v) is 7.47. The molecule has 7 nitrogen and oxygen atoms in total. The Kier molecular flexibility index (Phi) is 7.70. The van der Waals surface area contributed by atoms with Gasteiger partial charge >= 0.3 is 5.97 Å². The van der Waals surface area contributed by atoms with Gasteiger partial charge in [0.05, 0.1) is 42.2 Å². The molecule has 0 bridgehead atoms. The summed E-state index contributed by atoms with van der Waals surface area (Å²) in [5, 5.41) is 0. The molecule has 1 aliphatic rings. The first kappa shape index (κ1) is 25.8. The van der Waals surface area contributed by atoms with Gasteiger partial charge in [0.2, 0.25) is 0 Å². The van der Waals surface area contributed by atoms with E-state index in [1.54, 1.807) is 69.5 Å². The molecular weight excluding hydrogens is 496 g/mol. The van der Waals surface area contributed by atoms with Crippen LogP contribution in [-0.4, -0.2) is 37.1 Å². The highest BCUT2D eigenvalue weighted by molar-refractivity contribution is 7.98. The van der Waals surface area contributed by atoms with Crippen LogP contribution >= 0.6 is 23.1 Å². The fourth-order valence-corrected chi connectivity index (χ4v) is 5.50. The fraction of sp³-hybridized carbons (Fsp3) is 0.296. The molecule has 0 aliphatic carbocycles. The predicted molar refractivity (Wildman–Crippen MR) is 143 cm³/mol. The molecule has 0 fully saturated rings. The molecule has 0 radical (unpaired) electrons. The lowest BCUT2D eigenvalue weighted by Gasteiger charge is -2.25. The molecule has 0 saturated heterocycles. The first-order valence-electron chi connectivity index (χ1n) is 11.4. The Morgan fingerprint density at radius 1 is 1.14 bits per heavy atom. The molecule has 1 atom stereocenters. The molecule has 36 heavy (non-hydrogen) atoms. The predicted octanol–water partition coefficient (Wildman–Crippen LogP) is 3.93. The lowest BCUT2D eigenvalue weighted by Crippen LogP contribution is -2.40. The minimum Gasteiger partial charge on any atom is -0.497 e. The number of fused-ring (bicyclic) bond motifs is 1. The van der Waals surface area contributed by atoms with Gasteiger partial charge in [-0.1, -0.05) is 23.5 Å². The molecule has 0 saturated carbocycles. The van der Waals surface area contributed by atoms with Crippen LogP contribution in [0.1, 0.15) is 37.9 Å². The molecule has 1 aromatic heterocycles. The van der Waals surface area contributed by atoms with Gasteiger partial charge in [-0.3, -0.25) is 9.36 Å². The van der Waals surface area contributed by atoms with Gasteiger partial charge in [-0.15, -0.1) is 11.8 Å². The Morgan fingerprint density at radius 2 is 1.86 bits per heavy atom. The highest BCUT2D eigenvalue weighted by atomic mass is 32.2. The van der Waals surface area contributed by atoms with Crippen molar-refractivity contribution in [1.82, 2.24) is 4.57 Å². The molecule has 0 amide bonds. The number of carbonyl (C=O) groups excluding carboxylic acids is 1. The van der Waals surface area contributed by atoms with E-state index in [-0.39, 0.29) is 11.7 Å². The van der Waals surface area contributed by atoms with E-state index in [4.69, 9.17) is 14.2 Å². The zero-order chi connectivity index (χ0) is 26.0. The summed E-state index contributed by atoms with van der Waals surface area (Å²) >= 11 is 2.89. The zero-order valence-corrected chi connectivity index (χ0v) is 22.7. The molecule has 3 aromatic rings. The van der Waals surface area contributed by atoms with Crippen molar-refractivity contribution in [3.8, 4) is 11.5 Å². The van der Waals surface area contributed by atoms with E-state index < -0.39 is 12.0 Å². The molecule has 0 spiro atoms. The lowest BCUT2D eigenvalue weighted by molar-refractivity contribution is -0.143. The summed E-state index contributed by atoms with van der Waals surface area (Å²) in [6, 6.07) is 12.6. The second kappa shape index (κ2) is 10.8. The Hall–Kier alpha value is -3.30. The number of hydrogen-bond acceptors (Lipinski definition) is 8. The number of esters is 1. The van der Waals surface area contributed by atoms with Gasteiger partial charge in [0.25, 0.3) is 5.56 Å². The zero-order valence-electron chi connectivity index (χ0n) is 21.0. The molecule has 1 unspecified atom stereocenters. The Balaban J connectivity index is 1.95. The van der Waals surface area contributed by atoms with Gasteiger partial charge in [0.1, 0.15) is 11.5 Å². The maximum absolute atomic E-state index is 13.8. The highest BCUT2D eigenvalue weighted by Crippen LogP contribution is 2.32. The summed E-state index contributed by atoms with van der Waals surface area (Å²) in [5.41, 5.74) is 2.16. The van der Waals surface area contributed by atoms with Crippen molar-refractivity contribution in [2.24, 2.45) is 4.99 Å². The van der Waals surface area contributed by atoms with Crippen LogP contribution < -0.4 is 24.4 Å². The Morgan fingerprint density at radius 3 is 2.47 bits per heavy atom. The number of methoxy groups -OCH3 is 2. The molecule has 2 heterocycles. The quantitative estimate of drug-likeness (QED) is 0.344. The second-order valence-electron chi connectivity index (χ2n) is 8.42. The summed E-state index contributed by atoms with van der Waals surface area (Å²) < 4.78 is 18.5. The van der Waals surface area contributed by atoms with Crippen LogP contribution in [0.5, 0.6) is 11.5 Å². The molecule has 188 valence electrons. The molecule has 2 aromatic carbocycles. The number of aromatic nitrogens is 1. The molecule has 1 aliphatic heterocycles. The van der Waals surface area contributed by atoms with Crippen molar-refractivity contribution >= 4 is 35.1 Å². The van der Waals surface area contributed by atoms with E-state index in [0.29, 0.717) is 37.7 Å². The number of ether oxygens (including phenoxy) is 3. The van der Waals surface area contributed by atoms with E-state index in [9.17, 15) is 9.59 Å². The van der Waals surface area contributed by atoms with Crippen molar-refractivity contribution < 1.29 is 19.0 Å². The van der Waals surface area contributed by atoms with E-state index in [1.807, 2.05) is 36.6 Å². The second-order valence-corrected chi connectivity index (χ2v) is 10.3. The van der Waals surface area contributed by atoms with Crippen LogP contribution in [0, 0.1) is 0 Å². The summed E-state index contributed by atoms with van der Waals surface area (Å²) in [6.07, 6.45) is 3.47. The Bertz CT molecular complexity index is 1500. The van der Waals surface area contributed by atoms with E-state index >= 15 is 0 Å². The minimum atomic E-state index is -0.655. The lowest BCUT2D eigenvalue weighted by atomic mass is 9.96. The van der Waals surface area contributed by atoms with Gasteiger partial charge in [-0.05, 0) is 69.0 Å². The normalized spacial score (nSPS) is 15.5. The number of nitrogens with zero attached hydrogens (tertiary/aromatic N) is 2. The smallest absolute Gasteiger partial charge is 0.338 e. The first-order valence-corrected chi connectivity index (χ1v) is 13.4. The van der Waals surface area contributed by atoms with Crippen molar-refractivity contribution in [3.63, 3.8) is 0 Å². The van der Waals surface area contributed by atoms with Crippen LogP contribution in [-0.2, 0) is 9.53 Å². The summed E-state index contributed by atoms with van der Waals surface area (Å²) in [4.78, 5) is 33.3. The van der Waals surface area contributed by atoms with Crippen molar-refractivity contribution in [2.75, 3.05) is 20.5 Å². The largest absolute Gasteiger partial charge is 0.497 e. The minimum absolute atomic E-state index is 0.245. The van der Waals surface area contributed by atoms with Crippen LogP contribution in [0.25, 0.3) is 6.08 Å². The average molecular weight is 525 g/mol. The number of carbonyl (C=O) groups is 1. The van der Waals surface area contributed by atoms with Crippen LogP contribution in [0.4, 0.5) is 0 Å². The molecule has 0 N–H and O–H groups in total. The van der Waals surface area contributed by atoms with Gasteiger partial charge in [-0.2, -0.15) is 0 Å². The van der Waals surface area contributed by atoms with Gasteiger partial charge < -0.3 is 14.2 Å². The Labute approximate surface area is 217 Å². The maximum Gasteiger partial charge on any atom is 0.338 e. The number of allylic oxidation sites excluding steroid dienone is 1. The summed E-state index contributed by atoms with van der Waals surface area (Å²) in [6.45, 7) is 5.38. The number of hydrogen-bond donors (Lipinski definition) is 0. The summed E-state index contributed by atoms with van der Waals surface area (Å²) in [5.74, 6) is 0.785. The number of thiazole rings is 1. The van der Waals surface area contributed by atoms with Gasteiger partial charge in [0.15, 0.2) is 4.80 Å². The first-order chi connectivity index (χ1) is 17.3. The van der Waals surface area contributed by atoms with Crippen molar-refractivity contribution in [2.45, 2.75) is 37.8 Å². The molecule has 9 heteroatoms. The fourth-order valence-electron chi connectivity index (χ4n) is 4.06. The van der Waals surface area contributed by atoms with Gasteiger partial charge in [-0.25, -0.2) is 9.79 Å². The molecule has 4 rings (SSSR count). The van der Waals surface area contributed by atoms with Crippen LogP contribution in [0.2, 0.25) is 0 Å². The third-order valence-electron chi connectivity index (χ3n) is 5.74. The highest BCUT2D eigenvalue weighted by Gasteiger charge is 2.33. The van der Waals surface area contributed by atoms with Crippen molar-refractivity contribution in [3.05, 3.63) is 84.5 Å². The van der Waals surface area contributed by atoms with E-state index in [2.05, 4.69) is 4.99 Å². The monoisotopic (exact) mass is 524 g/mol. The van der Waals surface area contributed by atoms with Gasteiger partial charge in [0, 0.05) is 10.5 Å². The standard InChI is InChI=1S/C27H28N2O5S2/c1-15(2)34-26(31)23-16(3)28-27-29(24(23)17-7-10-20(35-6)11-8-17)25(30)22(36-27)14-18-13-19(32-4)9-12-21(18)33-5/h7-15,24H,1-6H3. The molecular formula is C27H28N2O5S2. The number of thioether (sulfide) groups is 1. The van der Waals surface area contributed by atoms with Crippen LogP contribution in [0.3, 0.4) is 0 Å². The maximum atomic E-state index is 13.8. The number of rotatable bonds is 7. The van der Waals surface area contributed by atoms with Crippen LogP contribution in [0.15, 0.2) is 68.4 Å².